The highest BCUT2D eigenvalue weighted by molar-refractivity contribution is 5.95. The molecule has 2 aromatic carbocycles. The van der Waals surface area contributed by atoms with Crippen LogP contribution in [0.25, 0.3) is 0 Å². The molecule has 0 aromatic heterocycles. The molecule has 1 unspecified atom stereocenters. The largest absolute Gasteiger partial charge is 0.491 e. The summed E-state index contributed by atoms with van der Waals surface area (Å²) in [5.74, 6) is 0.780. The Hall–Kier alpha value is -2.49. The molecule has 0 saturated carbocycles. The van der Waals surface area contributed by atoms with Gasteiger partial charge in [-0.15, -0.1) is 0 Å². The number of hydrogen-bond acceptors (Lipinski definition) is 3. The minimum Gasteiger partial charge on any atom is -0.491 e. The fourth-order valence-electron chi connectivity index (χ4n) is 2.34. The molecular weight excluding hydrogens is 300 g/mol. The van der Waals surface area contributed by atoms with E-state index in [0.717, 1.165) is 34.7 Å². The van der Waals surface area contributed by atoms with Crippen molar-refractivity contribution in [3.05, 3.63) is 53.6 Å². The molecule has 0 radical (unpaired) electrons. The molecule has 0 aliphatic carbocycles. The molecule has 1 atom stereocenters. The number of benzene rings is 2. The topological polar surface area (TPSA) is 50.4 Å². The normalized spacial score (nSPS) is 11.7. The van der Waals surface area contributed by atoms with E-state index in [1.54, 1.807) is 0 Å². The van der Waals surface area contributed by atoms with Gasteiger partial charge in [0, 0.05) is 11.4 Å². The van der Waals surface area contributed by atoms with Crippen LogP contribution in [0.3, 0.4) is 0 Å². The van der Waals surface area contributed by atoms with Crippen molar-refractivity contribution in [1.82, 2.24) is 0 Å². The molecule has 0 spiro atoms. The summed E-state index contributed by atoms with van der Waals surface area (Å²) in [6.07, 6.45) is 1.17. The monoisotopic (exact) mass is 326 g/mol. The Morgan fingerprint density at radius 1 is 1.08 bits per heavy atom. The van der Waals surface area contributed by atoms with E-state index in [0.29, 0.717) is 0 Å². The first-order valence-corrected chi connectivity index (χ1v) is 8.36. The van der Waals surface area contributed by atoms with Gasteiger partial charge in [-0.05, 0) is 62.6 Å². The van der Waals surface area contributed by atoms with Crippen molar-refractivity contribution in [2.24, 2.45) is 0 Å². The van der Waals surface area contributed by atoms with E-state index in [9.17, 15) is 4.79 Å². The van der Waals surface area contributed by atoms with Gasteiger partial charge in [0.05, 0.1) is 12.6 Å². The minimum atomic E-state index is -0.0627. The number of carbonyl (C=O) groups excluding carboxylic acids is 1. The van der Waals surface area contributed by atoms with Crippen LogP contribution in [0.5, 0.6) is 5.75 Å². The van der Waals surface area contributed by atoms with Crippen LogP contribution in [0.4, 0.5) is 11.4 Å². The highest BCUT2D eigenvalue weighted by atomic mass is 16.5. The average Bonchev–Trinajstić information content (AvgIpc) is 2.57. The van der Waals surface area contributed by atoms with Crippen molar-refractivity contribution in [2.45, 2.75) is 40.2 Å². The maximum absolute atomic E-state index is 12.1. The van der Waals surface area contributed by atoms with Crippen molar-refractivity contribution in [1.29, 1.82) is 0 Å². The molecule has 0 heterocycles. The summed E-state index contributed by atoms with van der Waals surface area (Å²) < 4.78 is 5.74. The lowest BCUT2D eigenvalue weighted by atomic mass is 10.1. The second-order valence-corrected chi connectivity index (χ2v) is 6.03. The molecule has 2 N–H and O–H groups in total. The smallest absolute Gasteiger partial charge is 0.243 e. The Balaban J connectivity index is 1.88. The summed E-state index contributed by atoms with van der Waals surface area (Å²) in [6.45, 7) is 8.34. The van der Waals surface area contributed by atoms with Crippen LogP contribution in [0.15, 0.2) is 42.5 Å². The zero-order valence-corrected chi connectivity index (χ0v) is 14.8. The third-order valence-corrected chi connectivity index (χ3v) is 3.97. The van der Waals surface area contributed by atoms with Crippen LogP contribution >= 0.6 is 0 Å². The SMILES string of the molecule is CCC(C)Oc1ccc(NCC(=O)Nc2c(C)cccc2C)cc1. The lowest BCUT2D eigenvalue weighted by Crippen LogP contribution is -2.22. The number of para-hydroxylation sites is 1. The van der Waals surface area contributed by atoms with Gasteiger partial charge in [-0.2, -0.15) is 0 Å². The molecule has 0 saturated heterocycles. The van der Waals surface area contributed by atoms with Gasteiger partial charge in [0.2, 0.25) is 5.91 Å². The summed E-state index contributed by atoms with van der Waals surface area (Å²) in [7, 11) is 0. The molecular formula is C20H26N2O2. The van der Waals surface area contributed by atoms with Gasteiger partial charge in [0.25, 0.3) is 0 Å². The van der Waals surface area contributed by atoms with E-state index < -0.39 is 0 Å². The molecule has 0 aliphatic rings. The van der Waals surface area contributed by atoms with E-state index >= 15 is 0 Å². The second-order valence-electron chi connectivity index (χ2n) is 6.03. The van der Waals surface area contributed by atoms with E-state index in [1.807, 2.05) is 63.2 Å². The Bertz CT molecular complexity index is 660. The molecule has 1 amide bonds. The third-order valence-electron chi connectivity index (χ3n) is 3.97. The number of nitrogens with one attached hydrogen (secondary N) is 2. The van der Waals surface area contributed by atoms with Crippen molar-refractivity contribution < 1.29 is 9.53 Å². The maximum atomic E-state index is 12.1. The molecule has 24 heavy (non-hydrogen) atoms. The fraction of sp³-hybridized carbons (Fsp3) is 0.350. The lowest BCUT2D eigenvalue weighted by molar-refractivity contribution is -0.114. The van der Waals surface area contributed by atoms with Gasteiger partial charge >= 0.3 is 0 Å². The molecule has 4 heteroatoms. The van der Waals surface area contributed by atoms with Gasteiger partial charge in [-0.3, -0.25) is 4.79 Å². The first-order chi connectivity index (χ1) is 11.5. The van der Waals surface area contributed by atoms with Gasteiger partial charge in [-0.1, -0.05) is 25.1 Å². The van der Waals surface area contributed by atoms with E-state index in [4.69, 9.17) is 4.74 Å². The zero-order valence-electron chi connectivity index (χ0n) is 14.8. The van der Waals surface area contributed by atoms with E-state index in [-0.39, 0.29) is 18.6 Å². The highest BCUT2D eigenvalue weighted by Crippen LogP contribution is 2.20. The van der Waals surface area contributed by atoms with Crippen molar-refractivity contribution >= 4 is 17.3 Å². The first-order valence-electron chi connectivity index (χ1n) is 8.36. The molecule has 2 rings (SSSR count). The minimum absolute atomic E-state index is 0.0627. The number of ether oxygens (including phenoxy) is 1. The van der Waals surface area contributed by atoms with Crippen LogP contribution in [0.1, 0.15) is 31.4 Å². The standard InChI is InChI=1S/C20H26N2O2/c1-5-16(4)24-18-11-9-17(10-12-18)21-13-19(23)22-20-14(2)7-6-8-15(20)3/h6-12,16,21H,5,13H2,1-4H3,(H,22,23). The number of hydrogen-bond donors (Lipinski definition) is 2. The molecule has 2 aromatic rings. The summed E-state index contributed by atoms with van der Waals surface area (Å²) in [4.78, 5) is 12.1. The molecule has 128 valence electrons. The number of amides is 1. The third kappa shape index (κ3) is 5.01. The number of carbonyl (C=O) groups is 1. The Kier molecular flexibility index (Phi) is 6.24. The predicted molar refractivity (Wildman–Crippen MR) is 99.9 cm³/mol. The maximum Gasteiger partial charge on any atom is 0.243 e. The highest BCUT2D eigenvalue weighted by Gasteiger charge is 2.07. The molecule has 0 aliphatic heterocycles. The molecule has 0 bridgehead atoms. The van der Waals surface area contributed by atoms with E-state index in [2.05, 4.69) is 17.6 Å². The van der Waals surface area contributed by atoms with Crippen molar-refractivity contribution in [3.63, 3.8) is 0 Å². The summed E-state index contributed by atoms with van der Waals surface area (Å²) in [6, 6.07) is 13.6. The Labute approximate surface area is 144 Å². The predicted octanol–water partition coefficient (Wildman–Crippen LogP) is 4.53. The van der Waals surface area contributed by atoms with Gasteiger partial charge in [0.1, 0.15) is 5.75 Å². The Morgan fingerprint density at radius 2 is 1.71 bits per heavy atom. The van der Waals surface area contributed by atoms with Crippen LogP contribution in [-0.2, 0) is 4.79 Å². The second kappa shape index (κ2) is 8.39. The summed E-state index contributed by atoms with van der Waals surface area (Å²) in [5.41, 5.74) is 3.91. The molecule has 4 nitrogen and oxygen atoms in total. The first kappa shape index (κ1) is 17.9. The van der Waals surface area contributed by atoms with Gasteiger partial charge in [-0.25, -0.2) is 0 Å². The van der Waals surface area contributed by atoms with Crippen LogP contribution < -0.4 is 15.4 Å². The number of rotatable bonds is 7. The van der Waals surface area contributed by atoms with Crippen LogP contribution in [0.2, 0.25) is 0 Å². The van der Waals surface area contributed by atoms with Crippen LogP contribution in [-0.4, -0.2) is 18.6 Å². The lowest BCUT2D eigenvalue weighted by Gasteiger charge is -2.14. The zero-order chi connectivity index (χ0) is 17.5. The number of anilines is 2. The van der Waals surface area contributed by atoms with Crippen LogP contribution in [0, 0.1) is 13.8 Å². The Morgan fingerprint density at radius 3 is 2.29 bits per heavy atom. The summed E-state index contributed by atoms with van der Waals surface area (Å²) >= 11 is 0. The van der Waals surface area contributed by atoms with Gasteiger partial charge in [0.15, 0.2) is 0 Å². The average molecular weight is 326 g/mol. The quantitative estimate of drug-likeness (QED) is 0.786. The van der Waals surface area contributed by atoms with E-state index in [1.165, 1.54) is 0 Å². The number of aryl methyl sites for hydroxylation is 2. The van der Waals surface area contributed by atoms with Gasteiger partial charge < -0.3 is 15.4 Å². The summed E-state index contributed by atoms with van der Waals surface area (Å²) in [5, 5.41) is 6.10. The van der Waals surface area contributed by atoms with Crippen molar-refractivity contribution in [2.75, 3.05) is 17.2 Å². The van der Waals surface area contributed by atoms with Crippen molar-refractivity contribution in [3.8, 4) is 5.75 Å². The fourth-order valence-corrected chi connectivity index (χ4v) is 2.34. The molecule has 0 fully saturated rings.